The highest BCUT2D eigenvalue weighted by atomic mass is 127. The van der Waals surface area contributed by atoms with Crippen molar-refractivity contribution in [2.75, 3.05) is 63.8 Å². The van der Waals surface area contributed by atoms with E-state index >= 15 is 0 Å². The van der Waals surface area contributed by atoms with E-state index in [9.17, 15) is 9.59 Å². The van der Waals surface area contributed by atoms with Crippen LogP contribution in [0.4, 0.5) is 16.2 Å². The van der Waals surface area contributed by atoms with Crippen molar-refractivity contribution in [3.63, 3.8) is 0 Å². The lowest BCUT2D eigenvalue weighted by Crippen LogP contribution is -2.38. The molecular formula is C23H29IN4O4. The Bertz CT molecular complexity index is 934. The van der Waals surface area contributed by atoms with Crippen molar-refractivity contribution in [2.45, 2.75) is 6.42 Å². The zero-order valence-electron chi connectivity index (χ0n) is 18.4. The lowest BCUT2D eigenvalue weighted by Gasteiger charge is -2.26. The molecule has 2 N–H and O–H groups in total. The molecule has 3 rings (SSSR count). The number of hydrogen-bond donors (Lipinski definition) is 2. The zero-order chi connectivity index (χ0) is 22.9. The second-order valence-electron chi connectivity index (χ2n) is 7.45. The van der Waals surface area contributed by atoms with Gasteiger partial charge in [-0.3, -0.25) is 14.6 Å². The van der Waals surface area contributed by atoms with Crippen LogP contribution >= 0.6 is 22.6 Å². The Balaban J connectivity index is 1.56. The monoisotopic (exact) mass is 552 g/mol. The van der Waals surface area contributed by atoms with Crippen molar-refractivity contribution in [3.05, 3.63) is 51.6 Å². The van der Waals surface area contributed by atoms with Crippen LogP contribution in [0, 0.1) is 3.57 Å². The molecule has 0 saturated carbocycles. The summed E-state index contributed by atoms with van der Waals surface area (Å²) < 4.78 is 11.8. The van der Waals surface area contributed by atoms with Gasteiger partial charge >= 0.3 is 6.03 Å². The van der Waals surface area contributed by atoms with Crippen LogP contribution in [0.1, 0.15) is 16.8 Å². The summed E-state index contributed by atoms with van der Waals surface area (Å²) in [6.07, 6.45) is 0.869. The van der Waals surface area contributed by atoms with Gasteiger partial charge in [-0.25, -0.2) is 4.79 Å². The number of rotatable bonds is 8. The Hall–Kier alpha value is -2.37. The molecular weight excluding hydrogens is 523 g/mol. The van der Waals surface area contributed by atoms with Crippen LogP contribution in [0.5, 0.6) is 5.75 Å². The molecule has 0 atom stereocenters. The molecule has 2 aromatic carbocycles. The van der Waals surface area contributed by atoms with Crippen LogP contribution in [0.15, 0.2) is 42.5 Å². The first kappa shape index (κ1) is 24.3. The summed E-state index contributed by atoms with van der Waals surface area (Å²) >= 11 is 2.20. The van der Waals surface area contributed by atoms with Gasteiger partial charge in [-0.1, -0.05) is 6.07 Å². The van der Waals surface area contributed by atoms with Gasteiger partial charge in [-0.15, -0.1) is 0 Å². The number of amides is 3. The fourth-order valence-corrected chi connectivity index (χ4v) is 3.93. The predicted octanol–water partition coefficient (Wildman–Crippen LogP) is 3.42. The lowest BCUT2D eigenvalue weighted by atomic mass is 10.1. The molecule has 1 fully saturated rings. The summed E-state index contributed by atoms with van der Waals surface area (Å²) in [4.78, 5) is 29.1. The van der Waals surface area contributed by atoms with Gasteiger partial charge in [0.15, 0.2) is 0 Å². The highest BCUT2D eigenvalue weighted by Crippen LogP contribution is 2.26. The van der Waals surface area contributed by atoms with Crippen molar-refractivity contribution < 1.29 is 19.1 Å². The molecule has 0 bridgehead atoms. The minimum absolute atomic E-state index is 0.193. The van der Waals surface area contributed by atoms with Gasteiger partial charge in [-0.05, 0) is 65.9 Å². The summed E-state index contributed by atoms with van der Waals surface area (Å²) in [7, 11) is 3.18. The Morgan fingerprint density at radius 2 is 1.97 bits per heavy atom. The summed E-state index contributed by atoms with van der Waals surface area (Å²) in [6, 6.07) is 12.4. The maximum absolute atomic E-state index is 12.6. The number of anilines is 2. The fraction of sp³-hybridized carbons (Fsp3) is 0.391. The summed E-state index contributed by atoms with van der Waals surface area (Å²) in [6.45, 7) is 4.93. The average Bonchev–Trinajstić information content (AvgIpc) is 2.81. The first-order valence-electron chi connectivity index (χ1n) is 10.5. The van der Waals surface area contributed by atoms with Gasteiger partial charge in [0.2, 0.25) is 0 Å². The van der Waals surface area contributed by atoms with E-state index < -0.39 is 0 Å². The standard InChI is InChI=1S/C23H29IN4O4/c1-27(23(30)26-18-6-3-5-17(24)15-18)19-7-8-20(21(16-19)31-2)22(29)25-9-4-10-28-11-13-32-14-12-28/h3,5-8,15-16H,4,9-14H2,1-2H3,(H,25,29)(H,26,30). The van der Waals surface area contributed by atoms with Crippen LogP contribution in [-0.2, 0) is 4.74 Å². The molecule has 1 aliphatic rings. The van der Waals surface area contributed by atoms with E-state index in [1.165, 1.54) is 12.0 Å². The molecule has 9 heteroatoms. The fourth-order valence-electron chi connectivity index (χ4n) is 3.39. The third kappa shape index (κ3) is 6.81. The molecule has 0 aliphatic carbocycles. The quantitative estimate of drug-likeness (QED) is 0.388. The highest BCUT2D eigenvalue weighted by molar-refractivity contribution is 14.1. The van der Waals surface area contributed by atoms with E-state index in [2.05, 4.69) is 38.1 Å². The normalized spacial score (nSPS) is 14.0. The second kappa shape index (κ2) is 12.0. The number of nitrogens with zero attached hydrogens (tertiary/aromatic N) is 2. The second-order valence-corrected chi connectivity index (χ2v) is 8.69. The van der Waals surface area contributed by atoms with Gasteiger partial charge < -0.3 is 20.1 Å². The molecule has 0 spiro atoms. The molecule has 0 aromatic heterocycles. The highest BCUT2D eigenvalue weighted by Gasteiger charge is 2.17. The number of methoxy groups -OCH3 is 1. The SMILES string of the molecule is COc1cc(N(C)C(=O)Nc2cccc(I)c2)ccc1C(=O)NCCCN1CCOCC1. The molecule has 1 heterocycles. The van der Waals surface area contributed by atoms with Crippen LogP contribution in [0.3, 0.4) is 0 Å². The number of morpholine rings is 1. The largest absolute Gasteiger partial charge is 0.496 e. The van der Waals surface area contributed by atoms with E-state index in [4.69, 9.17) is 9.47 Å². The molecule has 1 aliphatic heterocycles. The minimum Gasteiger partial charge on any atom is -0.496 e. The number of urea groups is 1. The van der Waals surface area contributed by atoms with Crippen LogP contribution in [0.2, 0.25) is 0 Å². The van der Waals surface area contributed by atoms with Gasteiger partial charge in [0, 0.05) is 47.7 Å². The molecule has 172 valence electrons. The molecule has 8 nitrogen and oxygen atoms in total. The van der Waals surface area contributed by atoms with Gasteiger partial charge in [0.05, 0.1) is 25.9 Å². The van der Waals surface area contributed by atoms with E-state index in [1.54, 1.807) is 25.2 Å². The lowest BCUT2D eigenvalue weighted by molar-refractivity contribution is 0.0374. The molecule has 3 amide bonds. The van der Waals surface area contributed by atoms with Crippen LogP contribution in [-0.4, -0.2) is 70.4 Å². The number of carbonyl (C=O) groups excluding carboxylic acids is 2. The van der Waals surface area contributed by atoms with E-state index in [0.717, 1.165) is 42.8 Å². The average molecular weight is 552 g/mol. The summed E-state index contributed by atoms with van der Waals surface area (Å²) in [5, 5.41) is 5.82. The molecule has 2 aromatic rings. The first-order chi connectivity index (χ1) is 15.5. The molecule has 0 radical (unpaired) electrons. The van der Waals surface area contributed by atoms with Crippen molar-refractivity contribution in [2.24, 2.45) is 0 Å². The number of hydrogen-bond acceptors (Lipinski definition) is 5. The van der Waals surface area contributed by atoms with E-state index in [-0.39, 0.29) is 11.9 Å². The molecule has 0 unspecified atom stereocenters. The summed E-state index contributed by atoms with van der Waals surface area (Å²) in [5.41, 5.74) is 1.77. The zero-order valence-corrected chi connectivity index (χ0v) is 20.6. The number of nitrogens with one attached hydrogen (secondary N) is 2. The van der Waals surface area contributed by atoms with Crippen molar-refractivity contribution in [1.82, 2.24) is 10.2 Å². The Kier molecular flexibility index (Phi) is 9.12. The molecule has 1 saturated heterocycles. The van der Waals surface area contributed by atoms with Crippen LogP contribution in [0.25, 0.3) is 0 Å². The number of carbonyl (C=O) groups is 2. The van der Waals surface area contributed by atoms with Crippen molar-refractivity contribution in [3.8, 4) is 5.75 Å². The van der Waals surface area contributed by atoms with Gasteiger partial charge in [0.25, 0.3) is 5.91 Å². The summed E-state index contributed by atoms with van der Waals surface area (Å²) in [5.74, 6) is 0.225. The minimum atomic E-state index is -0.283. The first-order valence-corrected chi connectivity index (χ1v) is 11.6. The third-order valence-electron chi connectivity index (χ3n) is 5.24. The van der Waals surface area contributed by atoms with E-state index in [0.29, 0.717) is 29.2 Å². The predicted molar refractivity (Wildman–Crippen MR) is 134 cm³/mol. The smallest absolute Gasteiger partial charge is 0.326 e. The van der Waals surface area contributed by atoms with E-state index in [1.807, 2.05) is 24.3 Å². The van der Waals surface area contributed by atoms with Crippen molar-refractivity contribution in [1.29, 1.82) is 0 Å². The van der Waals surface area contributed by atoms with Gasteiger partial charge in [0.1, 0.15) is 5.75 Å². The molecule has 32 heavy (non-hydrogen) atoms. The Morgan fingerprint density at radius 1 is 1.19 bits per heavy atom. The van der Waals surface area contributed by atoms with Gasteiger partial charge in [-0.2, -0.15) is 0 Å². The third-order valence-corrected chi connectivity index (χ3v) is 5.91. The number of ether oxygens (including phenoxy) is 2. The van der Waals surface area contributed by atoms with Crippen LogP contribution < -0.4 is 20.3 Å². The van der Waals surface area contributed by atoms with Crippen molar-refractivity contribution >= 4 is 45.9 Å². The maximum atomic E-state index is 12.6. The maximum Gasteiger partial charge on any atom is 0.326 e. The number of benzene rings is 2. The topological polar surface area (TPSA) is 83.1 Å². The Morgan fingerprint density at radius 3 is 2.69 bits per heavy atom. The Labute approximate surface area is 202 Å². The number of halogens is 1.